The standard InChI is InChI=1S/C39H35N3O9S/c1-5-49-38(44)35-24(2)41-37(43)34(20-28-19-32(48-4)33(21-29(28)42(45)46)51-23-26-14-10-7-11-15-26)52-39(41)40-36(35)27-16-17-30(31(18-27)47-3)50-22-25-12-8-6-9-13-25/h6-21,36H,5,22-23H2,1-4H3/b34-20-/t36-/m0/s1. The second kappa shape index (κ2) is 15.8. The van der Waals surface area contributed by atoms with Gasteiger partial charge in [-0.25, -0.2) is 9.79 Å². The van der Waals surface area contributed by atoms with E-state index in [0.29, 0.717) is 34.2 Å². The summed E-state index contributed by atoms with van der Waals surface area (Å²) in [5, 5.41) is 12.3. The number of nitro benzene ring substituents is 1. The van der Waals surface area contributed by atoms with Crippen molar-refractivity contribution in [2.45, 2.75) is 33.1 Å². The number of ether oxygens (including phenoxy) is 5. The second-order valence-corrected chi connectivity index (χ2v) is 12.6. The maximum Gasteiger partial charge on any atom is 0.338 e. The molecule has 0 amide bonds. The van der Waals surface area contributed by atoms with Gasteiger partial charge in [0.1, 0.15) is 19.3 Å². The first-order valence-corrected chi connectivity index (χ1v) is 17.1. The van der Waals surface area contributed by atoms with Crippen LogP contribution >= 0.6 is 11.3 Å². The van der Waals surface area contributed by atoms with E-state index in [9.17, 15) is 19.7 Å². The first-order chi connectivity index (χ1) is 25.2. The smallest absolute Gasteiger partial charge is 0.338 e. The molecule has 0 spiro atoms. The highest BCUT2D eigenvalue weighted by molar-refractivity contribution is 7.07. The van der Waals surface area contributed by atoms with Crippen LogP contribution in [0, 0.1) is 10.1 Å². The van der Waals surface area contributed by atoms with Crippen LogP contribution in [0.25, 0.3) is 11.8 Å². The molecule has 12 nitrogen and oxygen atoms in total. The molecular weight excluding hydrogens is 687 g/mol. The molecule has 0 radical (unpaired) electrons. The monoisotopic (exact) mass is 721 g/mol. The van der Waals surface area contributed by atoms with Crippen LogP contribution in [0.4, 0.5) is 5.69 Å². The summed E-state index contributed by atoms with van der Waals surface area (Å²) in [5.74, 6) is 0.746. The Labute approximate surface area is 302 Å². The molecule has 5 aromatic rings. The van der Waals surface area contributed by atoms with E-state index >= 15 is 0 Å². The second-order valence-electron chi connectivity index (χ2n) is 11.6. The quantitative estimate of drug-likeness (QED) is 0.0815. The average Bonchev–Trinajstić information content (AvgIpc) is 3.48. The zero-order chi connectivity index (χ0) is 36.8. The van der Waals surface area contributed by atoms with E-state index in [4.69, 9.17) is 28.7 Å². The SMILES string of the molecule is CCOC(=O)C1=C(C)n2c(s/c(=C\c3cc(OC)c(OCc4ccccc4)cc3[N+](=O)[O-])c2=O)=N[C@H]1c1ccc(OCc2ccccc2)c(OC)c1. The lowest BCUT2D eigenvalue weighted by Crippen LogP contribution is -2.35. The fourth-order valence-corrected chi connectivity index (χ4v) is 6.79. The minimum absolute atomic E-state index is 0.110. The number of methoxy groups -OCH3 is 2. The summed E-state index contributed by atoms with van der Waals surface area (Å²) in [6, 6.07) is 26.2. The van der Waals surface area contributed by atoms with Gasteiger partial charge in [-0.1, -0.05) is 78.1 Å². The number of thiazole rings is 1. The summed E-state index contributed by atoms with van der Waals surface area (Å²) in [4.78, 5) is 44.2. The Morgan fingerprint density at radius 3 is 2.10 bits per heavy atom. The number of esters is 1. The Morgan fingerprint density at radius 1 is 0.885 bits per heavy atom. The third-order valence-electron chi connectivity index (χ3n) is 8.31. The van der Waals surface area contributed by atoms with Crippen LogP contribution in [0.15, 0.2) is 106 Å². The van der Waals surface area contributed by atoms with Gasteiger partial charge in [0.15, 0.2) is 27.8 Å². The van der Waals surface area contributed by atoms with Crippen molar-refractivity contribution < 1.29 is 33.4 Å². The summed E-state index contributed by atoms with van der Waals surface area (Å²) >= 11 is 1.04. The number of hydrogen-bond donors (Lipinski definition) is 0. The highest BCUT2D eigenvalue weighted by Crippen LogP contribution is 2.38. The summed E-state index contributed by atoms with van der Waals surface area (Å²) in [6.45, 7) is 3.95. The Balaban J connectivity index is 1.42. The number of rotatable bonds is 13. The van der Waals surface area contributed by atoms with Crippen molar-refractivity contribution in [1.82, 2.24) is 4.57 Å². The Hall–Kier alpha value is -6.21. The largest absolute Gasteiger partial charge is 0.493 e. The van der Waals surface area contributed by atoms with Crippen molar-refractivity contribution in [3.63, 3.8) is 0 Å². The molecule has 6 rings (SSSR count). The lowest BCUT2D eigenvalue weighted by atomic mass is 9.96. The molecule has 0 fully saturated rings. The fraction of sp³-hybridized carbons (Fsp3) is 0.205. The van der Waals surface area contributed by atoms with Crippen LogP contribution in [0.5, 0.6) is 23.0 Å². The lowest BCUT2D eigenvalue weighted by Gasteiger charge is -2.23. The summed E-state index contributed by atoms with van der Waals surface area (Å²) in [5.41, 5.74) is 2.32. The van der Waals surface area contributed by atoms with Gasteiger partial charge in [0.05, 0.1) is 47.5 Å². The first-order valence-electron chi connectivity index (χ1n) is 16.3. The number of nitro groups is 1. The predicted octanol–water partition coefficient (Wildman–Crippen LogP) is 5.99. The molecule has 13 heteroatoms. The lowest BCUT2D eigenvalue weighted by molar-refractivity contribution is -0.385. The first kappa shape index (κ1) is 35.6. The van der Waals surface area contributed by atoms with Gasteiger partial charge in [0.2, 0.25) is 0 Å². The van der Waals surface area contributed by atoms with Crippen molar-refractivity contribution in [2.24, 2.45) is 4.99 Å². The zero-order valence-electron chi connectivity index (χ0n) is 28.9. The molecule has 0 saturated carbocycles. The van der Waals surface area contributed by atoms with Crippen LogP contribution in [-0.4, -0.2) is 36.3 Å². The van der Waals surface area contributed by atoms with E-state index in [2.05, 4.69) is 0 Å². The predicted molar refractivity (Wildman–Crippen MR) is 195 cm³/mol. The van der Waals surface area contributed by atoms with E-state index < -0.39 is 22.5 Å². The molecular formula is C39H35N3O9S. The summed E-state index contributed by atoms with van der Waals surface area (Å²) in [6.07, 6.45) is 1.42. The Kier molecular flexibility index (Phi) is 10.8. The van der Waals surface area contributed by atoms with E-state index in [0.717, 1.165) is 22.5 Å². The molecule has 0 saturated heterocycles. The number of nitrogens with zero attached hydrogens (tertiary/aromatic N) is 3. The molecule has 0 bridgehead atoms. The van der Waals surface area contributed by atoms with Crippen LogP contribution in [-0.2, 0) is 22.7 Å². The molecule has 0 N–H and O–H groups in total. The number of hydrogen-bond acceptors (Lipinski definition) is 11. The van der Waals surface area contributed by atoms with Crippen LogP contribution in [0.1, 0.15) is 42.1 Å². The third-order valence-corrected chi connectivity index (χ3v) is 9.30. The molecule has 52 heavy (non-hydrogen) atoms. The normalized spacial score (nSPS) is 13.9. The number of carbonyl (C=O) groups is 1. The van der Waals surface area contributed by atoms with E-state index in [1.54, 1.807) is 32.0 Å². The van der Waals surface area contributed by atoms with Crippen molar-refractivity contribution >= 4 is 34.8 Å². The zero-order valence-corrected chi connectivity index (χ0v) is 29.7. The van der Waals surface area contributed by atoms with Crippen molar-refractivity contribution in [2.75, 3.05) is 20.8 Å². The molecule has 4 aromatic carbocycles. The van der Waals surface area contributed by atoms with Gasteiger partial charge in [0, 0.05) is 5.70 Å². The molecule has 1 aliphatic heterocycles. The number of fused-ring (bicyclic) bond motifs is 1. The van der Waals surface area contributed by atoms with Gasteiger partial charge in [-0.2, -0.15) is 0 Å². The van der Waals surface area contributed by atoms with Gasteiger partial charge in [-0.3, -0.25) is 19.5 Å². The van der Waals surface area contributed by atoms with Crippen molar-refractivity contribution in [3.8, 4) is 23.0 Å². The van der Waals surface area contributed by atoms with Crippen LogP contribution in [0.3, 0.4) is 0 Å². The van der Waals surface area contributed by atoms with E-state index in [1.165, 1.54) is 37.0 Å². The minimum atomic E-state index is -0.850. The molecule has 0 aliphatic carbocycles. The molecule has 266 valence electrons. The van der Waals surface area contributed by atoms with Gasteiger partial charge in [-0.05, 0) is 54.8 Å². The van der Waals surface area contributed by atoms with Gasteiger partial charge in [0.25, 0.3) is 11.2 Å². The van der Waals surface area contributed by atoms with Gasteiger partial charge < -0.3 is 23.7 Å². The molecule has 2 heterocycles. The Morgan fingerprint density at radius 2 is 1.50 bits per heavy atom. The third kappa shape index (κ3) is 7.44. The maximum absolute atomic E-state index is 13.9. The number of carbonyl (C=O) groups excluding carboxylic acids is 1. The highest BCUT2D eigenvalue weighted by atomic mass is 32.1. The van der Waals surface area contributed by atoms with Crippen LogP contribution in [0.2, 0.25) is 0 Å². The van der Waals surface area contributed by atoms with Crippen molar-refractivity contribution in [3.05, 3.63) is 149 Å². The van der Waals surface area contributed by atoms with Gasteiger partial charge in [-0.15, -0.1) is 0 Å². The topological polar surface area (TPSA) is 141 Å². The number of benzene rings is 4. The number of aromatic nitrogens is 1. The fourth-order valence-electron chi connectivity index (χ4n) is 5.75. The molecule has 1 atom stereocenters. The number of allylic oxidation sites excluding steroid dienone is 1. The van der Waals surface area contributed by atoms with Crippen molar-refractivity contribution in [1.29, 1.82) is 0 Å². The van der Waals surface area contributed by atoms with Gasteiger partial charge >= 0.3 is 5.97 Å². The average molecular weight is 722 g/mol. The maximum atomic E-state index is 13.9. The minimum Gasteiger partial charge on any atom is -0.493 e. The molecule has 0 unspecified atom stereocenters. The molecule has 1 aliphatic rings. The highest BCUT2D eigenvalue weighted by Gasteiger charge is 2.32. The molecule has 1 aromatic heterocycles. The van der Waals surface area contributed by atoms with E-state index in [1.807, 2.05) is 60.7 Å². The van der Waals surface area contributed by atoms with E-state index in [-0.39, 0.29) is 46.1 Å². The summed E-state index contributed by atoms with van der Waals surface area (Å²) < 4.78 is 30.0. The van der Waals surface area contributed by atoms with Crippen LogP contribution < -0.4 is 33.8 Å². The summed E-state index contributed by atoms with van der Waals surface area (Å²) in [7, 11) is 2.95. The Bertz CT molecular complexity index is 2330.